The molecule has 0 aromatic heterocycles. The van der Waals surface area contributed by atoms with Gasteiger partial charge in [-0.05, 0) is 24.3 Å². The molecule has 16 heteroatoms. The smallest absolute Gasteiger partial charge is 0.397 e. The molecule has 1 saturated carbocycles. The van der Waals surface area contributed by atoms with Crippen molar-refractivity contribution in [1.29, 1.82) is 0 Å². The van der Waals surface area contributed by atoms with Gasteiger partial charge < -0.3 is 31.2 Å². The van der Waals surface area contributed by atoms with Crippen molar-refractivity contribution >= 4 is 11.4 Å². The van der Waals surface area contributed by atoms with E-state index in [2.05, 4.69) is 9.47 Å². The third-order valence-corrected chi connectivity index (χ3v) is 4.92. The average Bonchev–Trinajstić information content (AvgIpc) is 2.71. The summed E-state index contributed by atoms with van der Waals surface area (Å²) in [5, 5.41) is 18.8. The summed E-state index contributed by atoms with van der Waals surface area (Å²) in [5.41, 5.74) is 9.26. The second-order valence-electron chi connectivity index (χ2n) is 7.13. The molecule has 0 heterocycles. The predicted octanol–water partition coefficient (Wildman–Crippen LogP) is 4.61. The molecular weight excluding hydrogens is 498 g/mol. The highest BCUT2D eigenvalue weighted by Crippen LogP contribution is 2.69. The number of ether oxygens (including phenoxy) is 2. The lowest BCUT2D eigenvalue weighted by Crippen LogP contribution is -2.87. The first-order valence-electron chi connectivity index (χ1n) is 8.71. The Labute approximate surface area is 182 Å². The number of phenols is 2. The second kappa shape index (κ2) is 7.02. The standard InChI is InChI=1S/C18H12F10N2O4/c19-13(20)14(21,22)17(27,33-7-1-3-9(29)11(31)5-7)16(25,26)18(28,15(13,23)24)34-8-2-4-10(30)12(32)6-8/h1-6,31-32H,29-30H2. The second-order valence-corrected chi connectivity index (χ2v) is 7.13. The maximum Gasteiger partial charge on any atom is 0.397 e. The maximum atomic E-state index is 15.2. The van der Waals surface area contributed by atoms with Crippen LogP contribution >= 0.6 is 0 Å². The Morgan fingerprint density at radius 3 is 1.15 bits per heavy atom. The number of hydrogen-bond acceptors (Lipinski definition) is 6. The average molecular weight is 510 g/mol. The fourth-order valence-corrected chi connectivity index (χ4v) is 2.96. The number of benzene rings is 2. The quantitative estimate of drug-likeness (QED) is 0.272. The number of nitrogens with two attached hydrogens (primary N) is 2. The van der Waals surface area contributed by atoms with Crippen molar-refractivity contribution in [1.82, 2.24) is 0 Å². The topological polar surface area (TPSA) is 111 Å². The van der Waals surface area contributed by atoms with Crippen LogP contribution in [0.5, 0.6) is 23.0 Å². The summed E-state index contributed by atoms with van der Waals surface area (Å²) in [4.78, 5) is 0. The van der Waals surface area contributed by atoms with Crippen LogP contribution in [0.2, 0.25) is 0 Å². The van der Waals surface area contributed by atoms with Gasteiger partial charge in [0, 0.05) is 12.1 Å². The van der Waals surface area contributed by atoms with E-state index in [0.717, 1.165) is 0 Å². The third-order valence-electron chi connectivity index (χ3n) is 4.92. The number of nitrogen functional groups attached to an aromatic ring is 2. The van der Waals surface area contributed by atoms with Gasteiger partial charge in [0.1, 0.15) is 23.0 Å². The Balaban J connectivity index is 2.25. The van der Waals surface area contributed by atoms with Crippen LogP contribution in [-0.2, 0) is 0 Å². The molecule has 6 nitrogen and oxygen atoms in total. The van der Waals surface area contributed by atoms with E-state index >= 15 is 8.78 Å². The molecule has 2 aromatic rings. The molecule has 0 bridgehead atoms. The number of phenolic OH excluding ortho intramolecular Hbond substituents is 2. The third kappa shape index (κ3) is 2.89. The van der Waals surface area contributed by atoms with Crippen LogP contribution in [0.4, 0.5) is 55.3 Å². The largest absolute Gasteiger partial charge is 0.506 e. The van der Waals surface area contributed by atoms with E-state index in [0.29, 0.717) is 24.3 Å². The first kappa shape index (κ1) is 25.2. The number of halogens is 10. The van der Waals surface area contributed by atoms with Gasteiger partial charge in [-0.3, -0.25) is 0 Å². The monoisotopic (exact) mass is 510 g/mol. The first-order chi connectivity index (χ1) is 15.3. The molecule has 2 aromatic carbocycles. The maximum absolute atomic E-state index is 15.2. The van der Waals surface area contributed by atoms with Gasteiger partial charge in [0.25, 0.3) is 0 Å². The van der Waals surface area contributed by atoms with Crippen molar-refractivity contribution in [3.63, 3.8) is 0 Å². The molecule has 2 unspecified atom stereocenters. The lowest BCUT2D eigenvalue weighted by Gasteiger charge is -2.53. The van der Waals surface area contributed by atoms with Gasteiger partial charge in [0.2, 0.25) is 0 Å². The van der Waals surface area contributed by atoms with Gasteiger partial charge >= 0.3 is 35.4 Å². The highest BCUT2D eigenvalue weighted by Gasteiger charge is 3.03. The Morgan fingerprint density at radius 2 is 0.853 bits per heavy atom. The molecule has 1 aliphatic rings. The zero-order valence-electron chi connectivity index (χ0n) is 16.1. The number of aromatic hydroxyl groups is 2. The number of rotatable bonds is 4. The molecule has 3 rings (SSSR count). The fraction of sp³-hybridized carbons (Fsp3) is 0.333. The van der Waals surface area contributed by atoms with E-state index in [-0.39, 0.29) is 12.1 Å². The van der Waals surface area contributed by atoms with Gasteiger partial charge in [-0.15, -0.1) is 0 Å². The fourth-order valence-electron chi connectivity index (χ4n) is 2.96. The van der Waals surface area contributed by atoms with E-state index in [4.69, 9.17) is 11.5 Å². The van der Waals surface area contributed by atoms with Crippen LogP contribution in [0.15, 0.2) is 36.4 Å². The minimum atomic E-state index is -7.18. The molecule has 0 amide bonds. The Kier molecular flexibility index (Phi) is 5.20. The van der Waals surface area contributed by atoms with Gasteiger partial charge in [0.15, 0.2) is 0 Å². The van der Waals surface area contributed by atoms with Crippen LogP contribution in [-0.4, -0.2) is 45.6 Å². The SMILES string of the molecule is Nc1ccc(OC2(F)C(F)(F)C(F)(F)C(F)(F)C(F)(Oc3ccc(N)c(O)c3)C2(F)F)cc1O. The van der Waals surface area contributed by atoms with Gasteiger partial charge in [-0.25, -0.2) is 0 Å². The van der Waals surface area contributed by atoms with Crippen molar-refractivity contribution in [2.24, 2.45) is 0 Å². The lowest BCUT2D eigenvalue weighted by molar-refractivity contribution is -0.520. The molecule has 188 valence electrons. The molecule has 6 N–H and O–H groups in total. The van der Waals surface area contributed by atoms with Crippen LogP contribution in [0.25, 0.3) is 0 Å². The normalized spacial score (nSPS) is 28.8. The molecule has 1 fully saturated rings. The van der Waals surface area contributed by atoms with Gasteiger partial charge in [-0.1, -0.05) is 0 Å². The number of anilines is 2. The van der Waals surface area contributed by atoms with Crippen LogP contribution in [0.3, 0.4) is 0 Å². The summed E-state index contributed by atoms with van der Waals surface area (Å²) in [6.07, 6.45) is 0. The van der Waals surface area contributed by atoms with Crippen molar-refractivity contribution in [3.05, 3.63) is 36.4 Å². The van der Waals surface area contributed by atoms with Gasteiger partial charge in [0.05, 0.1) is 11.4 Å². The predicted molar refractivity (Wildman–Crippen MR) is 93.8 cm³/mol. The summed E-state index contributed by atoms with van der Waals surface area (Å²) < 4.78 is 153. The van der Waals surface area contributed by atoms with Crippen LogP contribution in [0, 0.1) is 0 Å². The van der Waals surface area contributed by atoms with Crippen molar-refractivity contribution in [2.75, 3.05) is 11.5 Å². The highest BCUT2D eigenvalue weighted by atomic mass is 19.4. The Bertz CT molecular complexity index is 1050. The molecule has 2 atom stereocenters. The summed E-state index contributed by atoms with van der Waals surface area (Å²) in [5.74, 6) is -46.6. The van der Waals surface area contributed by atoms with E-state index < -0.39 is 69.8 Å². The summed E-state index contributed by atoms with van der Waals surface area (Å²) in [6, 6.07) is 1.99. The van der Waals surface area contributed by atoms with Crippen molar-refractivity contribution in [3.8, 4) is 23.0 Å². The summed E-state index contributed by atoms with van der Waals surface area (Å²) >= 11 is 0. The molecule has 0 spiro atoms. The molecule has 0 saturated heterocycles. The van der Waals surface area contributed by atoms with E-state index in [1.807, 2.05) is 0 Å². The molecule has 0 aliphatic heterocycles. The lowest BCUT2D eigenvalue weighted by atomic mass is 9.77. The first-order valence-corrected chi connectivity index (χ1v) is 8.71. The van der Waals surface area contributed by atoms with Crippen LogP contribution in [0.1, 0.15) is 0 Å². The van der Waals surface area contributed by atoms with E-state index in [1.54, 1.807) is 0 Å². The minimum absolute atomic E-state index is 0.104. The van der Waals surface area contributed by atoms with E-state index in [1.165, 1.54) is 0 Å². The minimum Gasteiger partial charge on any atom is -0.506 e. The Morgan fingerprint density at radius 1 is 0.529 bits per heavy atom. The van der Waals surface area contributed by atoms with Crippen LogP contribution < -0.4 is 20.9 Å². The number of hydrogen-bond donors (Lipinski definition) is 4. The number of alkyl halides is 10. The highest BCUT2D eigenvalue weighted by molar-refractivity contribution is 5.55. The van der Waals surface area contributed by atoms with Crippen molar-refractivity contribution in [2.45, 2.75) is 35.4 Å². The molecule has 0 radical (unpaired) electrons. The zero-order valence-corrected chi connectivity index (χ0v) is 16.1. The zero-order chi connectivity index (χ0) is 26.1. The van der Waals surface area contributed by atoms with Crippen molar-refractivity contribution < 1.29 is 63.6 Å². The van der Waals surface area contributed by atoms with Gasteiger partial charge in [-0.2, -0.15) is 43.9 Å². The van der Waals surface area contributed by atoms with E-state index in [9.17, 15) is 45.3 Å². The molecular formula is C18H12F10N2O4. The Hall–Kier alpha value is -3.46. The molecule has 34 heavy (non-hydrogen) atoms. The summed E-state index contributed by atoms with van der Waals surface area (Å²) in [6.45, 7) is 0. The summed E-state index contributed by atoms with van der Waals surface area (Å²) in [7, 11) is 0. The molecule has 1 aliphatic carbocycles.